The molecule has 0 radical (unpaired) electrons. The lowest BCUT2D eigenvalue weighted by Crippen LogP contribution is -1.99. The van der Waals surface area contributed by atoms with Crippen molar-refractivity contribution in [3.05, 3.63) is 41.8 Å². The van der Waals surface area contributed by atoms with Crippen molar-refractivity contribution in [2.24, 2.45) is 5.73 Å². The molecule has 0 saturated heterocycles. The van der Waals surface area contributed by atoms with Gasteiger partial charge in [-0.25, -0.2) is 0 Å². The summed E-state index contributed by atoms with van der Waals surface area (Å²) in [6.45, 7) is 0.778. The summed E-state index contributed by atoms with van der Waals surface area (Å²) in [5.74, 6) is 1.11. The van der Waals surface area contributed by atoms with Crippen molar-refractivity contribution in [3.8, 4) is 10.4 Å². The standard InChI is InChI=1S/C13H15NS2/c14-8-2-10-15-12-6-4-11(5-7-12)13-3-1-9-16-13/h1,3-7,9H,2,8,10,14H2. The third-order valence-electron chi connectivity index (χ3n) is 2.28. The minimum atomic E-state index is 0.778. The van der Waals surface area contributed by atoms with Gasteiger partial charge < -0.3 is 5.73 Å². The van der Waals surface area contributed by atoms with E-state index in [0.29, 0.717) is 0 Å². The summed E-state index contributed by atoms with van der Waals surface area (Å²) < 4.78 is 0. The van der Waals surface area contributed by atoms with Gasteiger partial charge in [0.15, 0.2) is 0 Å². The van der Waals surface area contributed by atoms with Gasteiger partial charge >= 0.3 is 0 Å². The van der Waals surface area contributed by atoms with E-state index in [1.54, 1.807) is 11.3 Å². The number of rotatable bonds is 5. The molecule has 0 amide bonds. The molecular weight excluding hydrogens is 234 g/mol. The summed E-state index contributed by atoms with van der Waals surface area (Å²) in [7, 11) is 0. The van der Waals surface area contributed by atoms with E-state index in [9.17, 15) is 0 Å². The Bertz CT molecular complexity index is 406. The number of benzene rings is 1. The number of thiophene rings is 1. The molecule has 0 aliphatic rings. The number of nitrogens with two attached hydrogens (primary N) is 1. The van der Waals surface area contributed by atoms with Crippen molar-refractivity contribution in [2.75, 3.05) is 12.3 Å². The first-order valence-electron chi connectivity index (χ1n) is 5.37. The fraction of sp³-hybridized carbons (Fsp3) is 0.231. The zero-order valence-electron chi connectivity index (χ0n) is 9.06. The van der Waals surface area contributed by atoms with Gasteiger partial charge in [-0.2, -0.15) is 0 Å². The van der Waals surface area contributed by atoms with Crippen molar-refractivity contribution in [2.45, 2.75) is 11.3 Å². The van der Waals surface area contributed by atoms with Gasteiger partial charge in [-0.3, -0.25) is 0 Å². The highest BCUT2D eigenvalue weighted by atomic mass is 32.2. The Kier molecular flexibility index (Phi) is 4.45. The van der Waals surface area contributed by atoms with Gasteiger partial charge in [-0.15, -0.1) is 23.1 Å². The van der Waals surface area contributed by atoms with E-state index < -0.39 is 0 Å². The van der Waals surface area contributed by atoms with E-state index in [4.69, 9.17) is 5.73 Å². The fourth-order valence-electron chi connectivity index (χ4n) is 1.43. The van der Waals surface area contributed by atoms with Gasteiger partial charge in [-0.1, -0.05) is 18.2 Å². The van der Waals surface area contributed by atoms with E-state index in [-0.39, 0.29) is 0 Å². The van der Waals surface area contributed by atoms with E-state index in [0.717, 1.165) is 18.7 Å². The minimum Gasteiger partial charge on any atom is -0.330 e. The Hall–Kier alpha value is -0.770. The molecule has 2 rings (SSSR count). The average molecular weight is 249 g/mol. The topological polar surface area (TPSA) is 26.0 Å². The Morgan fingerprint density at radius 1 is 1.12 bits per heavy atom. The number of hydrogen-bond donors (Lipinski definition) is 1. The Morgan fingerprint density at radius 3 is 2.56 bits per heavy atom. The van der Waals surface area contributed by atoms with Crippen LogP contribution in [-0.2, 0) is 0 Å². The molecule has 1 aromatic heterocycles. The Labute approximate surface area is 105 Å². The lowest BCUT2D eigenvalue weighted by atomic mass is 10.2. The predicted octanol–water partition coefficient (Wildman–Crippen LogP) is 3.86. The summed E-state index contributed by atoms with van der Waals surface area (Å²) >= 11 is 3.65. The van der Waals surface area contributed by atoms with Crippen LogP contribution in [0.15, 0.2) is 46.7 Å². The Morgan fingerprint density at radius 2 is 1.94 bits per heavy atom. The molecule has 1 aromatic carbocycles. The smallest absolute Gasteiger partial charge is 0.0342 e. The van der Waals surface area contributed by atoms with Gasteiger partial charge in [0, 0.05) is 9.77 Å². The van der Waals surface area contributed by atoms with Crippen LogP contribution in [0.1, 0.15) is 6.42 Å². The highest BCUT2D eigenvalue weighted by Crippen LogP contribution is 2.27. The van der Waals surface area contributed by atoms with E-state index in [1.807, 2.05) is 11.8 Å². The monoisotopic (exact) mass is 249 g/mol. The van der Waals surface area contributed by atoms with E-state index >= 15 is 0 Å². The summed E-state index contributed by atoms with van der Waals surface area (Å²) in [6, 6.07) is 13.0. The van der Waals surface area contributed by atoms with Crippen LogP contribution in [0.5, 0.6) is 0 Å². The lowest BCUT2D eigenvalue weighted by molar-refractivity contribution is 0.943. The van der Waals surface area contributed by atoms with Crippen molar-refractivity contribution >= 4 is 23.1 Å². The van der Waals surface area contributed by atoms with Gasteiger partial charge in [0.25, 0.3) is 0 Å². The molecule has 1 heterocycles. The number of thioether (sulfide) groups is 1. The first-order chi connectivity index (χ1) is 7.90. The number of hydrogen-bond acceptors (Lipinski definition) is 3. The van der Waals surface area contributed by atoms with Gasteiger partial charge in [0.05, 0.1) is 0 Å². The molecule has 0 unspecified atom stereocenters. The first kappa shape index (κ1) is 11.7. The van der Waals surface area contributed by atoms with Crippen LogP contribution in [0.25, 0.3) is 10.4 Å². The molecule has 1 nitrogen and oxygen atoms in total. The van der Waals surface area contributed by atoms with E-state index in [1.165, 1.54) is 15.3 Å². The maximum Gasteiger partial charge on any atom is 0.0342 e. The van der Waals surface area contributed by atoms with Crippen molar-refractivity contribution < 1.29 is 0 Å². The predicted molar refractivity (Wildman–Crippen MR) is 74.2 cm³/mol. The van der Waals surface area contributed by atoms with E-state index in [2.05, 4.69) is 41.8 Å². The second-order valence-electron chi connectivity index (χ2n) is 3.49. The molecule has 0 aliphatic carbocycles. The summed E-state index contributed by atoms with van der Waals surface area (Å²) in [4.78, 5) is 2.66. The molecule has 2 aromatic rings. The lowest BCUT2D eigenvalue weighted by Gasteiger charge is -2.02. The second-order valence-corrected chi connectivity index (χ2v) is 5.61. The first-order valence-corrected chi connectivity index (χ1v) is 7.23. The highest BCUT2D eigenvalue weighted by molar-refractivity contribution is 7.99. The highest BCUT2D eigenvalue weighted by Gasteiger charge is 1.98. The Balaban J connectivity index is 2.00. The van der Waals surface area contributed by atoms with Crippen LogP contribution in [0.2, 0.25) is 0 Å². The van der Waals surface area contributed by atoms with Crippen LogP contribution < -0.4 is 5.73 Å². The normalized spacial score (nSPS) is 10.6. The third kappa shape index (κ3) is 3.11. The third-order valence-corrected chi connectivity index (χ3v) is 4.29. The van der Waals surface area contributed by atoms with Crippen molar-refractivity contribution in [1.29, 1.82) is 0 Å². The summed E-state index contributed by atoms with van der Waals surface area (Å²) in [5.41, 5.74) is 6.77. The van der Waals surface area contributed by atoms with Crippen LogP contribution >= 0.6 is 23.1 Å². The fourth-order valence-corrected chi connectivity index (χ4v) is 3.04. The minimum absolute atomic E-state index is 0.778. The molecular formula is C13H15NS2. The van der Waals surface area contributed by atoms with Crippen LogP contribution in [0.3, 0.4) is 0 Å². The van der Waals surface area contributed by atoms with Crippen LogP contribution in [0, 0.1) is 0 Å². The maximum absolute atomic E-state index is 5.47. The van der Waals surface area contributed by atoms with Gasteiger partial charge in [-0.05, 0) is 47.9 Å². The molecule has 0 atom stereocenters. The van der Waals surface area contributed by atoms with Gasteiger partial charge in [0.2, 0.25) is 0 Å². The largest absolute Gasteiger partial charge is 0.330 e. The van der Waals surface area contributed by atoms with Crippen molar-refractivity contribution in [1.82, 2.24) is 0 Å². The second kappa shape index (κ2) is 6.09. The molecule has 3 heteroatoms. The molecule has 0 spiro atoms. The molecule has 0 saturated carbocycles. The molecule has 2 N–H and O–H groups in total. The summed E-state index contributed by atoms with van der Waals surface area (Å²) in [5, 5.41) is 2.11. The molecule has 0 aliphatic heterocycles. The molecule has 84 valence electrons. The zero-order valence-corrected chi connectivity index (χ0v) is 10.7. The van der Waals surface area contributed by atoms with Crippen molar-refractivity contribution in [3.63, 3.8) is 0 Å². The SMILES string of the molecule is NCCCSc1ccc(-c2cccs2)cc1. The van der Waals surface area contributed by atoms with Crippen LogP contribution in [-0.4, -0.2) is 12.3 Å². The molecule has 0 bridgehead atoms. The van der Waals surface area contributed by atoms with Gasteiger partial charge in [0.1, 0.15) is 0 Å². The molecule has 16 heavy (non-hydrogen) atoms. The summed E-state index contributed by atoms with van der Waals surface area (Å²) in [6.07, 6.45) is 1.08. The quantitative estimate of drug-likeness (QED) is 0.643. The maximum atomic E-state index is 5.47. The average Bonchev–Trinajstić information content (AvgIpc) is 2.84. The zero-order chi connectivity index (χ0) is 11.2. The van der Waals surface area contributed by atoms with Crippen LogP contribution in [0.4, 0.5) is 0 Å². The molecule has 0 fully saturated rings.